The Kier molecular flexibility index (Phi) is 3.48. The summed E-state index contributed by atoms with van der Waals surface area (Å²) >= 11 is 0. The van der Waals surface area contributed by atoms with Gasteiger partial charge in [0.05, 0.1) is 16.6 Å². The molecule has 27 heavy (non-hydrogen) atoms. The number of fused-ring (bicyclic) bond motifs is 4. The highest BCUT2D eigenvalue weighted by atomic mass is 16.5. The minimum absolute atomic E-state index is 0.151. The number of nitrogens with zero attached hydrogens (tertiary/aromatic N) is 5. The van der Waals surface area contributed by atoms with Crippen molar-refractivity contribution in [1.82, 2.24) is 24.1 Å². The topological polar surface area (TPSA) is 74.3 Å². The summed E-state index contributed by atoms with van der Waals surface area (Å²) in [5.41, 5.74) is 1.34. The van der Waals surface area contributed by atoms with Crippen LogP contribution < -0.4 is 5.56 Å². The van der Waals surface area contributed by atoms with Crippen molar-refractivity contribution in [3.8, 4) is 5.69 Å². The zero-order valence-corrected chi connectivity index (χ0v) is 14.5. The fraction of sp³-hybridized carbons (Fsp3) is 0.100. The minimum atomic E-state index is -0.151. The maximum Gasteiger partial charge on any atom is 0.266 e. The van der Waals surface area contributed by atoms with Gasteiger partial charge in [0, 0.05) is 24.9 Å². The molecule has 0 fully saturated rings. The number of rotatable bonds is 3. The van der Waals surface area contributed by atoms with Crippen molar-refractivity contribution >= 4 is 27.5 Å². The molecule has 0 radical (unpaired) electrons. The molecule has 0 aliphatic rings. The lowest BCUT2D eigenvalue weighted by Crippen LogP contribution is -2.19. The first-order chi connectivity index (χ1) is 13.3. The van der Waals surface area contributed by atoms with Crippen LogP contribution in [0, 0.1) is 0 Å². The highest BCUT2D eigenvalue weighted by molar-refractivity contribution is 5.90. The van der Waals surface area contributed by atoms with Crippen LogP contribution >= 0.6 is 0 Å². The quantitative estimate of drug-likeness (QED) is 0.496. The number of hydrogen-bond acceptors (Lipinski definition) is 5. The third-order valence-electron chi connectivity index (χ3n) is 4.58. The molecular weight excluding hydrogens is 342 g/mol. The zero-order valence-electron chi connectivity index (χ0n) is 14.5. The van der Waals surface area contributed by atoms with Crippen LogP contribution in [-0.4, -0.2) is 31.3 Å². The van der Waals surface area contributed by atoms with Gasteiger partial charge in [0.1, 0.15) is 6.61 Å². The number of hydrogen-bond donors (Lipinski definition) is 0. The molecule has 0 saturated heterocycles. The Morgan fingerprint density at radius 2 is 1.89 bits per heavy atom. The third-order valence-corrected chi connectivity index (χ3v) is 4.58. The number of ether oxygens (including phenoxy) is 1. The van der Waals surface area contributed by atoms with Crippen molar-refractivity contribution < 1.29 is 4.74 Å². The molecule has 0 saturated carbocycles. The molecule has 7 heteroatoms. The fourth-order valence-corrected chi connectivity index (χ4v) is 3.36. The maximum atomic E-state index is 13.2. The van der Waals surface area contributed by atoms with Gasteiger partial charge in [-0.25, -0.2) is 4.98 Å². The third kappa shape index (κ3) is 2.40. The largest absolute Gasteiger partial charge is 0.377 e. The molecule has 132 valence electrons. The number of methoxy groups -OCH3 is 1. The van der Waals surface area contributed by atoms with Gasteiger partial charge in [0.2, 0.25) is 0 Å². The molecule has 0 bridgehead atoms. The number of benzene rings is 2. The van der Waals surface area contributed by atoms with E-state index in [1.165, 1.54) is 0 Å². The summed E-state index contributed by atoms with van der Waals surface area (Å²) in [6, 6.07) is 15.8. The Hall–Kier alpha value is -3.58. The van der Waals surface area contributed by atoms with E-state index in [-0.39, 0.29) is 12.2 Å². The molecule has 0 unspecified atom stereocenters. The summed E-state index contributed by atoms with van der Waals surface area (Å²) in [7, 11) is 1.58. The molecule has 5 aromatic rings. The Labute approximate surface area is 153 Å². The van der Waals surface area contributed by atoms with Crippen LogP contribution in [0.15, 0.2) is 65.7 Å². The zero-order chi connectivity index (χ0) is 18.4. The molecule has 0 aliphatic carbocycles. The predicted octanol–water partition coefficient (Wildman–Crippen LogP) is 2.73. The average molecular weight is 357 g/mol. The molecule has 3 aromatic heterocycles. The monoisotopic (exact) mass is 357 g/mol. The van der Waals surface area contributed by atoms with Crippen LogP contribution in [0.3, 0.4) is 0 Å². The van der Waals surface area contributed by atoms with Gasteiger partial charge in [-0.15, -0.1) is 5.10 Å². The summed E-state index contributed by atoms with van der Waals surface area (Å²) in [5.74, 6) is 0.965. The molecular formula is C20H15N5O2. The predicted molar refractivity (Wildman–Crippen MR) is 102 cm³/mol. The van der Waals surface area contributed by atoms with E-state index in [2.05, 4.69) is 15.1 Å². The second-order valence-corrected chi connectivity index (χ2v) is 6.22. The summed E-state index contributed by atoms with van der Waals surface area (Å²) < 4.78 is 8.31. The van der Waals surface area contributed by atoms with Crippen LogP contribution in [0.1, 0.15) is 5.82 Å². The van der Waals surface area contributed by atoms with E-state index < -0.39 is 0 Å². The van der Waals surface area contributed by atoms with Gasteiger partial charge in [0.25, 0.3) is 11.3 Å². The summed E-state index contributed by atoms with van der Waals surface area (Å²) in [6.45, 7) is 0.290. The van der Waals surface area contributed by atoms with Crippen molar-refractivity contribution in [2.75, 3.05) is 7.11 Å². The minimum Gasteiger partial charge on any atom is -0.377 e. The van der Waals surface area contributed by atoms with Gasteiger partial charge in [-0.05, 0) is 17.5 Å². The standard InChI is InChI=1S/C20H15N5O2/c1-27-12-18-22-20-21-11-15-17(25(20)23-18)9-10-24(19(15)26)16-8-4-6-13-5-2-3-7-14(13)16/h2-11H,12H2,1H3. The molecule has 0 aliphatic heterocycles. The van der Waals surface area contributed by atoms with Gasteiger partial charge in [-0.1, -0.05) is 36.4 Å². The Balaban J connectivity index is 1.78. The molecule has 2 aromatic carbocycles. The lowest BCUT2D eigenvalue weighted by molar-refractivity contribution is 0.178. The summed E-state index contributed by atoms with van der Waals surface area (Å²) in [4.78, 5) is 21.8. The average Bonchev–Trinajstić information content (AvgIpc) is 3.11. The van der Waals surface area contributed by atoms with Crippen molar-refractivity contribution in [3.63, 3.8) is 0 Å². The maximum absolute atomic E-state index is 13.2. The molecule has 3 heterocycles. The molecule has 0 amide bonds. The van der Waals surface area contributed by atoms with Crippen LogP contribution in [-0.2, 0) is 11.3 Å². The Morgan fingerprint density at radius 1 is 1.04 bits per heavy atom. The van der Waals surface area contributed by atoms with Gasteiger partial charge in [-0.2, -0.15) is 9.50 Å². The molecule has 0 atom stereocenters. The van der Waals surface area contributed by atoms with Gasteiger partial charge in [0.15, 0.2) is 5.82 Å². The lowest BCUT2D eigenvalue weighted by atomic mass is 10.1. The van der Waals surface area contributed by atoms with Gasteiger partial charge in [-0.3, -0.25) is 9.36 Å². The lowest BCUT2D eigenvalue weighted by Gasteiger charge is -2.10. The molecule has 5 rings (SSSR count). The summed E-state index contributed by atoms with van der Waals surface area (Å²) in [6.07, 6.45) is 3.32. The second kappa shape index (κ2) is 6.00. The molecule has 0 N–H and O–H groups in total. The molecule has 7 nitrogen and oxygen atoms in total. The van der Waals surface area contributed by atoms with Gasteiger partial charge < -0.3 is 4.74 Å². The van der Waals surface area contributed by atoms with E-state index in [1.54, 1.807) is 28.6 Å². The van der Waals surface area contributed by atoms with Crippen molar-refractivity contribution in [2.45, 2.75) is 6.61 Å². The highest BCUT2D eigenvalue weighted by Gasteiger charge is 2.13. The van der Waals surface area contributed by atoms with E-state index in [0.29, 0.717) is 22.5 Å². The van der Waals surface area contributed by atoms with E-state index >= 15 is 0 Å². The summed E-state index contributed by atoms with van der Waals surface area (Å²) in [5, 5.41) is 6.96. The van der Waals surface area contributed by atoms with E-state index in [4.69, 9.17) is 4.74 Å². The first-order valence-corrected chi connectivity index (χ1v) is 8.49. The van der Waals surface area contributed by atoms with E-state index in [0.717, 1.165) is 16.5 Å². The number of pyridine rings is 1. The molecule has 0 spiro atoms. The fourth-order valence-electron chi connectivity index (χ4n) is 3.36. The first kappa shape index (κ1) is 15.7. The van der Waals surface area contributed by atoms with Crippen molar-refractivity contribution in [1.29, 1.82) is 0 Å². The number of aromatic nitrogens is 5. The van der Waals surface area contributed by atoms with Crippen LogP contribution in [0.2, 0.25) is 0 Å². The van der Waals surface area contributed by atoms with Gasteiger partial charge >= 0.3 is 0 Å². The van der Waals surface area contributed by atoms with Crippen molar-refractivity contribution in [3.05, 3.63) is 77.1 Å². The van der Waals surface area contributed by atoms with E-state index in [1.807, 2.05) is 48.5 Å². The van der Waals surface area contributed by atoms with Crippen LogP contribution in [0.25, 0.3) is 33.1 Å². The SMILES string of the molecule is COCc1nc2ncc3c(=O)n(-c4cccc5ccccc45)ccc3n2n1. The highest BCUT2D eigenvalue weighted by Crippen LogP contribution is 2.22. The first-order valence-electron chi connectivity index (χ1n) is 8.49. The van der Waals surface area contributed by atoms with Crippen molar-refractivity contribution in [2.24, 2.45) is 0 Å². The van der Waals surface area contributed by atoms with E-state index in [9.17, 15) is 4.79 Å². The Bertz CT molecular complexity index is 1360. The van der Waals surface area contributed by atoms with Crippen LogP contribution in [0.4, 0.5) is 0 Å². The Morgan fingerprint density at radius 3 is 2.78 bits per heavy atom. The smallest absolute Gasteiger partial charge is 0.266 e. The normalized spacial score (nSPS) is 11.6. The second-order valence-electron chi connectivity index (χ2n) is 6.22. The van der Waals surface area contributed by atoms with Crippen LogP contribution in [0.5, 0.6) is 0 Å².